The Labute approximate surface area is 150 Å². The molecule has 1 atom stereocenters. The number of nitrogens with zero attached hydrogens (tertiary/aromatic N) is 3. The van der Waals surface area contributed by atoms with Crippen LogP contribution in [-0.4, -0.2) is 46.4 Å². The second kappa shape index (κ2) is 8.77. The molecular weight excluding hydrogens is 310 g/mol. The molecule has 0 aliphatic carbocycles. The van der Waals surface area contributed by atoms with E-state index in [1.165, 1.54) is 5.56 Å². The van der Waals surface area contributed by atoms with Gasteiger partial charge in [0.15, 0.2) is 0 Å². The van der Waals surface area contributed by atoms with Gasteiger partial charge in [-0.05, 0) is 24.1 Å². The molecule has 1 aromatic heterocycles. The van der Waals surface area contributed by atoms with Crippen molar-refractivity contribution in [3.63, 3.8) is 0 Å². The summed E-state index contributed by atoms with van der Waals surface area (Å²) in [6.07, 6.45) is 4.37. The van der Waals surface area contributed by atoms with Crippen molar-refractivity contribution < 1.29 is 4.79 Å². The van der Waals surface area contributed by atoms with E-state index in [2.05, 4.69) is 39.9 Å². The molecule has 2 heterocycles. The number of aromatic nitrogens is 1. The molecule has 1 fully saturated rings. The first kappa shape index (κ1) is 17.6. The topological polar surface area (TPSA) is 36.4 Å². The number of amides is 1. The summed E-state index contributed by atoms with van der Waals surface area (Å²) in [6.45, 7) is 5.64. The Balaban J connectivity index is 1.64. The van der Waals surface area contributed by atoms with Crippen molar-refractivity contribution in [1.29, 1.82) is 0 Å². The molecule has 1 aliphatic rings. The molecule has 0 bridgehead atoms. The molecule has 4 heteroatoms. The second-order valence-electron chi connectivity index (χ2n) is 6.69. The Morgan fingerprint density at radius 1 is 1.12 bits per heavy atom. The van der Waals surface area contributed by atoms with Crippen LogP contribution >= 0.6 is 0 Å². The van der Waals surface area contributed by atoms with Gasteiger partial charge in [0.05, 0.1) is 0 Å². The standard InChI is InChI=1S/C21H27N3O/c1-2-20-17-23(14-11-19-10-6-7-13-22-19)15-12-21(25)24(20)16-18-8-4-3-5-9-18/h3-10,13,20H,2,11-12,14-17H2,1H3/t20-/m0/s1. The quantitative estimate of drug-likeness (QED) is 0.812. The van der Waals surface area contributed by atoms with Gasteiger partial charge in [-0.2, -0.15) is 0 Å². The lowest BCUT2D eigenvalue weighted by molar-refractivity contribution is -0.133. The zero-order chi connectivity index (χ0) is 17.5. The van der Waals surface area contributed by atoms with E-state index in [0.717, 1.165) is 38.2 Å². The van der Waals surface area contributed by atoms with Crippen LogP contribution in [0.3, 0.4) is 0 Å². The van der Waals surface area contributed by atoms with Crippen molar-refractivity contribution in [3.05, 3.63) is 66.0 Å². The average molecular weight is 337 g/mol. The molecular formula is C21H27N3O. The van der Waals surface area contributed by atoms with Gasteiger partial charge in [-0.15, -0.1) is 0 Å². The van der Waals surface area contributed by atoms with E-state index in [1.807, 2.05) is 36.5 Å². The SMILES string of the molecule is CC[C@H]1CN(CCc2ccccn2)CCC(=O)N1Cc1ccccc1. The summed E-state index contributed by atoms with van der Waals surface area (Å²) in [4.78, 5) is 21.6. The molecule has 25 heavy (non-hydrogen) atoms. The molecule has 3 rings (SSSR count). The van der Waals surface area contributed by atoms with Gasteiger partial charge in [-0.3, -0.25) is 9.78 Å². The van der Waals surface area contributed by atoms with Gasteiger partial charge >= 0.3 is 0 Å². The molecule has 0 radical (unpaired) electrons. The second-order valence-corrected chi connectivity index (χ2v) is 6.69. The lowest BCUT2D eigenvalue weighted by Crippen LogP contribution is -2.42. The molecule has 4 nitrogen and oxygen atoms in total. The molecule has 132 valence electrons. The molecule has 2 aromatic rings. The molecule has 1 saturated heterocycles. The summed E-state index contributed by atoms with van der Waals surface area (Å²) in [6, 6.07) is 16.6. The largest absolute Gasteiger partial charge is 0.334 e. The lowest BCUT2D eigenvalue weighted by Gasteiger charge is -2.31. The highest BCUT2D eigenvalue weighted by molar-refractivity contribution is 5.77. The minimum absolute atomic E-state index is 0.274. The first-order chi connectivity index (χ1) is 12.3. The molecule has 1 aromatic carbocycles. The van der Waals surface area contributed by atoms with Crippen molar-refractivity contribution in [1.82, 2.24) is 14.8 Å². The van der Waals surface area contributed by atoms with E-state index in [9.17, 15) is 4.79 Å². The fourth-order valence-electron chi connectivity index (χ4n) is 3.46. The Bertz CT molecular complexity index is 659. The molecule has 0 saturated carbocycles. The molecule has 0 spiro atoms. The summed E-state index contributed by atoms with van der Waals surface area (Å²) in [5.74, 6) is 0.274. The van der Waals surface area contributed by atoms with Crippen molar-refractivity contribution in [3.8, 4) is 0 Å². The maximum absolute atomic E-state index is 12.7. The number of benzene rings is 1. The van der Waals surface area contributed by atoms with Gasteiger partial charge in [0.25, 0.3) is 0 Å². The van der Waals surface area contributed by atoms with Gasteiger partial charge < -0.3 is 9.80 Å². The molecule has 0 unspecified atom stereocenters. The number of hydrogen-bond donors (Lipinski definition) is 0. The minimum atomic E-state index is 0.274. The Hall–Kier alpha value is -2.20. The van der Waals surface area contributed by atoms with Gasteiger partial charge in [0.2, 0.25) is 5.91 Å². The summed E-state index contributed by atoms with van der Waals surface area (Å²) in [5.41, 5.74) is 2.32. The smallest absolute Gasteiger partial charge is 0.224 e. The first-order valence-electron chi connectivity index (χ1n) is 9.22. The predicted molar refractivity (Wildman–Crippen MR) is 100 cm³/mol. The van der Waals surface area contributed by atoms with E-state index in [-0.39, 0.29) is 11.9 Å². The highest BCUT2D eigenvalue weighted by Crippen LogP contribution is 2.18. The van der Waals surface area contributed by atoms with Crippen LogP contribution in [0.1, 0.15) is 31.0 Å². The van der Waals surface area contributed by atoms with Crippen LogP contribution in [0.2, 0.25) is 0 Å². The zero-order valence-corrected chi connectivity index (χ0v) is 15.0. The fourth-order valence-corrected chi connectivity index (χ4v) is 3.46. The Morgan fingerprint density at radius 2 is 1.92 bits per heavy atom. The average Bonchev–Trinajstić information content (AvgIpc) is 2.81. The van der Waals surface area contributed by atoms with Crippen molar-refractivity contribution in [2.75, 3.05) is 19.6 Å². The van der Waals surface area contributed by atoms with Crippen molar-refractivity contribution >= 4 is 5.91 Å². The number of pyridine rings is 1. The highest BCUT2D eigenvalue weighted by Gasteiger charge is 2.28. The zero-order valence-electron chi connectivity index (χ0n) is 15.0. The summed E-state index contributed by atoms with van der Waals surface area (Å²) in [7, 11) is 0. The van der Waals surface area contributed by atoms with E-state index in [1.54, 1.807) is 0 Å². The predicted octanol–water partition coefficient (Wildman–Crippen LogP) is 3.14. The maximum Gasteiger partial charge on any atom is 0.224 e. The number of hydrogen-bond acceptors (Lipinski definition) is 3. The fraction of sp³-hybridized carbons (Fsp3) is 0.429. The first-order valence-corrected chi connectivity index (χ1v) is 9.22. The van der Waals surface area contributed by atoms with Crippen LogP contribution in [0.5, 0.6) is 0 Å². The third-order valence-corrected chi connectivity index (χ3v) is 4.95. The minimum Gasteiger partial charge on any atom is -0.334 e. The number of carbonyl (C=O) groups is 1. The van der Waals surface area contributed by atoms with Crippen LogP contribution in [0, 0.1) is 0 Å². The van der Waals surface area contributed by atoms with Crippen molar-refractivity contribution in [2.24, 2.45) is 0 Å². The van der Waals surface area contributed by atoms with E-state index in [4.69, 9.17) is 0 Å². The normalized spacial score (nSPS) is 19.0. The highest BCUT2D eigenvalue weighted by atomic mass is 16.2. The van der Waals surface area contributed by atoms with Crippen LogP contribution in [0.4, 0.5) is 0 Å². The van der Waals surface area contributed by atoms with Gasteiger partial charge in [0.1, 0.15) is 0 Å². The molecule has 1 aliphatic heterocycles. The van der Waals surface area contributed by atoms with Crippen LogP contribution < -0.4 is 0 Å². The summed E-state index contributed by atoms with van der Waals surface area (Å²) in [5, 5.41) is 0. The number of carbonyl (C=O) groups excluding carboxylic acids is 1. The van der Waals surface area contributed by atoms with Crippen LogP contribution in [0.25, 0.3) is 0 Å². The summed E-state index contributed by atoms with van der Waals surface area (Å²) < 4.78 is 0. The lowest BCUT2D eigenvalue weighted by atomic mass is 10.1. The van der Waals surface area contributed by atoms with Crippen LogP contribution in [-0.2, 0) is 17.8 Å². The van der Waals surface area contributed by atoms with E-state index >= 15 is 0 Å². The van der Waals surface area contributed by atoms with E-state index in [0.29, 0.717) is 13.0 Å². The molecule has 1 amide bonds. The van der Waals surface area contributed by atoms with Gasteiger partial charge in [0, 0.05) is 57.0 Å². The maximum atomic E-state index is 12.7. The summed E-state index contributed by atoms with van der Waals surface area (Å²) >= 11 is 0. The molecule has 0 N–H and O–H groups in total. The third-order valence-electron chi connectivity index (χ3n) is 4.95. The van der Waals surface area contributed by atoms with Gasteiger partial charge in [-0.25, -0.2) is 0 Å². The Morgan fingerprint density at radius 3 is 2.64 bits per heavy atom. The monoisotopic (exact) mass is 337 g/mol. The number of rotatable bonds is 6. The van der Waals surface area contributed by atoms with Crippen molar-refractivity contribution in [2.45, 2.75) is 38.8 Å². The third kappa shape index (κ3) is 4.89. The van der Waals surface area contributed by atoms with E-state index < -0.39 is 0 Å². The Kier molecular flexibility index (Phi) is 6.18. The van der Waals surface area contributed by atoms with Gasteiger partial charge in [-0.1, -0.05) is 43.3 Å². The van der Waals surface area contributed by atoms with Crippen LogP contribution in [0.15, 0.2) is 54.7 Å².